The Labute approximate surface area is 96.8 Å². The van der Waals surface area contributed by atoms with Crippen molar-refractivity contribution < 1.29 is 9.50 Å². The van der Waals surface area contributed by atoms with Gasteiger partial charge in [0, 0.05) is 11.6 Å². The number of phenols is 1. The number of aromatic hydroxyl groups is 1. The van der Waals surface area contributed by atoms with Crippen LogP contribution in [-0.4, -0.2) is 5.11 Å². The first-order chi connectivity index (χ1) is 6.06. The highest BCUT2D eigenvalue weighted by Crippen LogP contribution is 2.32. The van der Waals surface area contributed by atoms with Gasteiger partial charge in [0.2, 0.25) is 0 Å². The highest BCUT2D eigenvalue weighted by Gasteiger charge is 2.13. The van der Waals surface area contributed by atoms with Gasteiger partial charge < -0.3 is 10.8 Å². The smallest absolute Gasteiger partial charge is 0.134 e. The van der Waals surface area contributed by atoms with Gasteiger partial charge in [-0.2, -0.15) is 0 Å². The molecule has 0 aliphatic heterocycles. The molecular formula is C9H12BrClFNO. The third-order valence-electron chi connectivity index (χ3n) is 1.90. The van der Waals surface area contributed by atoms with Gasteiger partial charge >= 0.3 is 0 Å². The summed E-state index contributed by atoms with van der Waals surface area (Å²) in [6.07, 6.45) is 0.656. The molecule has 0 bridgehead atoms. The molecule has 80 valence electrons. The van der Waals surface area contributed by atoms with Crippen molar-refractivity contribution in [3.8, 4) is 5.75 Å². The van der Waals surface area contributed by atoms with Crippen LogP contribution in [0, 0.1) is 5.82 Å². The largest absolute Gasteiger partial charge is 0.506 e. The summed E-state index contributed by atoms with van der Waals surface area (Å²) in [5.74, 6) is -0.376. The molecule has 0 aliphatic rings. The van der Waals surface area contributed by atoms with E-state index in [4.69, 9.17) is 5.73 Å². The Morgan fingerprint density at radius 3 is 2.64 bits per heavy atom. The number of halogens is 3. The van der Waals surface area contributed by atoms with Gasteiger partial charge in [-0.15, -0.1) is 12.4 Å². The van der Waals surface area contributed by atoms with Gasteiger partial charge in [0.15, 0.2) is 0 Å². The Hall–Kier alpha value is -0.320. The van der Waals surface area contributed by atoms with E-state index in [1.807, 2.05) is 6.92 Å². The summed E-state index contributed by atoms with van der Waals surface area (Å²) in [5, 5.41) is 9.53. The number of hydrogen-bond donors (Lipinski definition) is 2. The van der Waals surface area contributed by atoms with Crippen LogP contribution in [0.1, 0.15) is 24.9 Å². The highest BCUT2D eigenvalue weighted by atomic mass is 79.9. The Morgan fingerprint density at radius 2 is 2.14 bits per heavy atom. The summed E-state index contributed by atoms with van der Waals surface area (Å²) in [5.41, 5.74) is 6.12. The Bertz CT molecular complexity index is 322. The molecule has 1 rings (SSSR count). The van der Waals surface area contributed by atoms with Crippen molar-refractivity contribution in [2.75, 3.05) is 0 Å². The standard InChI is InChI=1S/C9H11BrFNO.ClH/c1-2-8(12)6-3-5(11)4-7(10)9(6)13;/h3-4,8,13H,2,12H2,1H3;1H/t8-;/m1./s1. The molecule has 1 atom stereocenters. The summed E-state index contributed by atoms with van der Waals surface area (Å²) in [7, 11) is 0. The summed E-state index contributed by atoms with van der Waals surface area (Å²) < 4.78 is 13.2. The summed E-state index contributed by atoms with van der Waals surface area (Å²) in [6, 6.07) is 2.14. The van der Waals surface area contributed by atoms with E-state index in [-0.39, 0.29) is 24.2 Å². The minimum absolute atomic E-state index is 0. The van der Waals surface area contributed by atoms with Crippen LogP contribution in [0.15, 0.2) is 16.6 Å². The van der Waals surface area contributed by atoms with Crippen molar-refractivity contribution in [3.63, 3.8) is 0 Å². The van der Waals surface area contributed by atoms with Crippen LogP contribution < -0.4 is 5.73 Å². The molecule has 0 radical (unpaired) electrons. The summed E-state index contributed by atoms with van der Waals surface area (Å²) in [6.45, 7) is 1.88. The number of benzene rings is 1. The van der Waals surface area contributed by atoms with E-state index >= 15 is 0 Å². The lowest BCUT2D eigenvalue weighted by Crippen LogP contribution is -2.09. The van der Waals surface area contributed by atoms with E-state index in [0.29, 0.717) is 16.5 Å². The van der Waals surface area contributed by atoms with Crippen LogP contribution in [0.2, 0.25) is 0 Å². The van der Waals surface area contributed by atoms with Crippen molar-refractivity contribution in [1.82, 2.24) is 0 Å². The molecule has 2 nitrogen and oxygen atoms in total. The first-order valence-corrected chi connectivity index (χ1v) is 4.79. The molecule has 0 saturated carbocycles. The van der Waals surface area contributed by atoms with Crippen LogP contribution in [0.5, 0.6) is 5.75 Å². The zero-order valence-electron chi connectivity index (χ0n) is 7.63. The Morgan fingerprint density at radius 1 is 1.57 bits per heavy atom. The summed E-state index contributed by atoms with van der Waals surface area (Å²) >= 11 is 3.05. The van der Waals surface area contributed by atoms with Crippen LogP contribution in [-0.2, 0) is 0 Å². The van der Waals surface area contributed by atoms with Crippen molar-refractivity contribution in [2.24, 2.45) is 5.73 Å². The molecule has 5 heteroatoms. The van der Waals surface area contributed by atoms with Crippen molar-refractivity contribution >= 4 is 28.3 Å². The minimum atomic E-state index is -0.399. The average Bonchev–Trinajstić information content (AvgIpc) is 2.10. The maximum atomic E-state index is 12.9. The molecule has 0 fully saturated rings. The van der Waals surface area contributed by atoms with Gasteiger partial charge in [0.05, 0.1) is 4.47 Å². The fraction of sp³-hybridized carbons (Fsp3) is 0.333. The summed E-state index contributed by atoms with van der Waals surface area (Å²) in [4.78, 5) is 0. The lowest BCUT2D eigenvalue weighted by Gasteiger charge is -2.12. The van der Waals surface area contributed by atoms with Crippen molar-refractivity contribution in [2.45, 2.75) is 19.4 Å². The molecule has 1 aromatic carbocycles. The predicted octanol–water partition coefficient (Wildman–Crippen LogP) is 3.13. The number of rotatable bonds is 2. The van der Waals surface area contributed by atoms with Crippen molar-refractivity contribution in [1.29, 1.82) is 0 Å². The van der Waals surface area contributed by atoms with Crippen LogP contribution in [0.4, 0.5) is 4.39 Å². The molecule has 0 amide bonds. The first kappa shape index (κ1) is 13.7. The quantitative estimate of drug-likeness (QED) is 0.876. The lowest BCUT2D eigenvalue weighted by molar-refractivity contribution is 0.453. The second-order valence-electron chi connectivity index (χ2n) is 2.84. The van der Waals surface area contributed by atoms with Gasteiger partial charge in [0.25, 0.3) is 0 Å². The van der Waals surface area contributed by atoms with Crippen molar-refractivity contribution in [3.05, 3.63) is 28.0 Å². The zero-order valence-corrected chi connectivity index (χ0v) is 10.0. The van der Waals surface area contributed by atoms with Crippen LogP contribution in [0.25, 0.3) is 0 Å². The van der Waals surface area contributed by atoms with Gasteiger partial charge in [-0.25, -0.2) is 4.39 Å². The molecule has 0 heterocycles. The monoisotopic (exact) mass is 283 g/mol. The fourth-order valence-electron chi connectivity index (χ4n) is 1.09. The normalized spacial score (nSPS) is 12.0. The molecule has 1 aromatic rings. The molecule has 0 spiro atoms. The molecule has 14 heavy (non-hydrogen) atoms. The fourth-order valence-corrected chi connectivity index (χ4v) is 1.54. The molecule has 3 N–H and O–H groups in total. The number of hydrogen-bond acceptors (Lipinski definition) is 2. The van der Waals surface area contributed by atoms with E-state index in [1.54, 1.807) is 0 Å². The van der Waals surface area contributed by atoms with E-state index in [9.17, 15) is 9.50 Å². The van der Waals surface area contributed by atoms with Gasteiger partial charge in [-0.05, 0) is 34.5 Å². The maximum absolute atomic E-state index is 12.9. The number of phenolic OH excluding ortho intramolecular Hbond substituents is 1. The second-order valence-corrected chi connectivity index (χ2v) is 3.69. The minimum Gasteiger partial charge on any atom is -0.506 e. The number of nitrogens with two attached hydrogens (primary N) is 1. The Kier molecular flexibility index (Phi) is 5.41. The van der Waals surface area contributed by atoms with Gasteiger partial charge in [-0.3, -0.25) is 0 Å². The second kappa shape index (κ2) is 5.53. The zero-order chi connectivity index (χ0) is 10.0. The lowest BCUT2D eigenvalue weighted by atomic mass is 10.0. The SMILES string of the molecule is CC[C@@H](N)c1cc(F)cc(Br)c1O.Cl. The topological polar surface area (TPSA) is 46.2 Å². The van der Waals surface area contributed by atoms with E-state index in [0.717, 1.165) is 0 Å². The van der Waals surface area contributed by atoms with E-state index in [1.165, 1.54) is 12.1 Å². The molecule has 0 aromatic heterocycles. The first-order valence-electron chi connectivity index (χ1n) is 3.99. The average molecular weight is 285 g/mol. The van der Waals surface area contributed by atoms with Gasteiger partial charge in [-0.1, -0.05) is 6.92 Å². The molecular weight excluding hydrogens is 272 g/mol. The third-order valence-corrected chi connectivity index (χ3v) is 2.50. The third kappa shape index (κ3) is 2.83. The Balaban J connectivity index is 0.00000169. The molecule has 0 unspecified atom stereocenters. The molecule has 0 saturated heterocycles. The molecule has 0 aliphatic carbocycles. The maximum Gasteiger partial charge on any atom is 0.134 e. The van der Waals surface area contributed by atoms with E-state index < -0.39 is 5.82 Å². The van der Waals surface area contributed by atoms with Crippen LogP contribution >= 0.6 is 28.3 Å². The van der Waals surface area contributed by atoms with Gasteiger partial charge in [0.1, 0.15) is 11.6 Å². The highest BCUT2D eigenvalue weighted by molar-refractivity contribution is 9.10. The predicted molar refractivity (Wildman–Crippen MR) is 60.2 cm³/mol. The van der Waals surface area contributed by atoms with Crippen LogP contribution in [0.3, 0.4) is 0 Å². The van der Waals surface area contributed by atoms with E-state index in [2.05, 4.69) is 15.9 Å².